The molecule has 0 spiro atoms. The Morgan fingerprint density at radius 2 is 2.07 bits per heavy atom. The fourth-order valence-electron chi connectivity index (χ4n) is 0.625. The third-order valence-corrected chi connectivity index (χ3v) is 2.09. The summed E-state index contributed by atoms with van der Waals surface area (Å²) in [6.45, 7) is 2.96. The molecule has 0 aromatic rings. The summed E-state index contributed by atoms with van der Waals surface area (Å²) < 4.78 is 35.2. The van der Waals surface area contributed by atoms with E-state index in [0.29, 0.717) is 0 Å². The van der Waals surface area contributed by atoms with Crippen molar-refractivity contribution in [1.29, 1.82) is 0 Å². The first-order chi connectivity index (χ1) is 5.87. The summed E-state index contributed by atoms with van der Waals surface area (Å²) in [6, 6.07) is 0. The Hall–Kier alpha value is 0.120. The Morgan fingerprint density at radius 1 is 1.57 bits per heavy atom. The number of allylic oxidation sites excluding steroid dienone is 1. The first-order valence-electron chi connectivity index (χ1n) is 3.62. The van der Waals surface area contributed by atoms with E-state index in [2.05, 4.69) is 4.74 Å². The van der Waals surface area contributed by atoms with E-state index in [1.165, 1.54) is 13.0 Å². The van der Waals surface area contributed by atoms with Gasteiger partial charge in [-0.1, -0.05) is 13.0 Å². The number of esters is 1. The van der Waals surface area contributed by atoms with Crippen molar-refractivity contribution in [1.82, 2.24) is 0 Å². The fourth-order valence-corrected chi connectivity index (χ4v) is 1.37. The van der Waals surface area contributed by atoms with Gasteiger partial charge in [-0.3, -0.25) is 4.79 Å². The second-order valence-electron chi connectivity index (χ2n) is 2.53. The molecule has 0 amide bonds. The van der Waals surface area contributed by atoms with Crippen LogP contribution in [0, 0.1) is 5.92 Å². The van der Waals surface area contributed by atoms with Crippen LogP contribution in [0.4, 0.5) is 0 Å². The molecule has 76 valence electrons. The van der Waals surface area contributed by atoms with Gasteiger partial charge in [-0.15, -0.1) is 0 Å². The van der Waals surface area contributed by atoms with E-state index in [1.807, 2.05) is 0 Å². The van der Waals surface area contributed by atoms with Crippen molar-refractivity contribution in [3.8, 4) is 0 Å². The van der Waals surface area contributed by atoms with E-state index in [4.69, 9.17) is 0 Å². The van der Waals surface area contributed by atoms with Crippen molar-refractivity contribution in [2.24, 2.45) is 5.92 Å². The number of hydrogen-bond donors (Lipinski definition) is 0. The van der Waals surface area contributed by atoms with Crippen LogP contribution in [0.25, 0.3) is 0 Å². The van der Waals surface area contributed by atoms with E-state index in [1.54, 1.807) is 6.92 Å². The molecule has 1 atom stereocenters. The predicted molar refractivity (Wildman–Crippen MR) is 44.6 cm³/mol. The van der Waals surface area contributed by atoms with Crippen LogP contribution in [-0.2, 0) is 19.6 Å². The average molecular weight is 230 g/mol. The fraction of sp³-hybridized carbons (Fsp3) is 0.571. The molecule has 0 aliphatic heterocycles. The number of carbonyl (C=O) groups is 1. The smallest absolute Gasteiger partial charge is 0.748 e. The molecule has 0 saturated heterocycles. The van der Waals surface area contributed by atoms with Gasteiger partial charge >= 0.3 is 35.5 Å². The molecule has 0 radical (unpaired) electrons. The van der Waals surface area contributed by atoms with E-state index < -0.39 is 27.8 Å². The maximum atomic E-state index is 10.9. The summed E-state index contributed by atoms with van der Waals surface area (Å²) in [7, 11) is -4.37. The largest absolute Gasteiger partial charge is 1.00 e. The predicted octanol–water partition coefficient (Wildman–Crippen LogP) is -2.75. The van der Waals surface area contributed by atoms with Crippen LogP contribution < -0.4 is 29.6 Å². The van der Waals surface area contributed by atoms with E-state index in [-0.39, 0.29) is 29.6 Å². The Balaban J connectivity index is 0. The summed E-state index contributed by atoms with van der Waals surface area (Å²) in [4.78, 5) is 10.9. The van der Waals surface area contributed by atoms with Crippen LogP contribution in [0.1, 0.15) is 13.8 Å². The third-order valence-electron chi connectivity index (χ3n) is 1.18. The van der Waals surface area contributed by atoms with Gasteiger partial charge < -0.3 is 9.29 Å². The Labute approximate surface area is 106 Å². The summed E-state index contributed by atoms with van der Waals surface area (Å²) >= 11 is 0. The zero-order chi connectivity index (χ0) is 10.5. The maximum Gasteiger partial charge on any atom is 1.00 e. The third kappa shape index (κ3) is 8.71. The average Bonchev–Trinajstić information content (AvgIpc) is 1.96. The van der Waals surface area contributed by atoms with Gasteiger partial charge in [0.1, 0.15) is 0 Å². The van der Waals surface area contributed by atoms with Crippen molar-refractivity contribution < 1.29 is 52.1 Å². The number of ether oxygens (including phenoxy) is 1. The molecule has 0 N–H and O–H groups in total. The van der Waals surface area contributed by atoms with Gasteiger partial charge in [0.05, 0.1) is 28.1 Å². The van der Waals surface area contributed by atoms with Crippen molar-refractivity contribution >= 4 is 16.1 Å². The van der Waals surface area contributed by atoms with Gasteiger partial charge in [-0.25, -0.2) is 8.42 Å². The Morgan fingerprint density at radius 3 is 2.43 bits per heavy atom. The van der Waals surface area contributed by atoms with E-state index in [0.717, 1.165) is 6.26 Å². The topological polar surface area (TPSA) is 83.5 Å². The van der Waals surface area contributed by atoms with Crippen molar-refractivity contribution in [3.63, 3.8) is 0 Å². The van der Waals surface area contributed by atoms with Crippen LogP contribution in [0.3, 0.4) is 0 Å². The first kappa shape index (κ1) is 16.5. The first-order valence-corrected chi connectivity index (χ1v) is 5.19. The quantitative estimate of drug-likeness (QED) is 0.226. The molecule has 14 heavy (non-hydrogen) atoms. The number of hydrogen-bond acceptors (Lipinski definition) is 5. The second kappa shape index (κ2) is 7.42. The van der Waals surface area contributed by atoms with Crippen molar-refractivity contribution in [3.05, 3.63) is 12.3 Å². The molecule has 0 fully saturated rings. The molecule has 7 heteroatoms. The van der Waals surface area contributed by atoms with Crippen LogP contribution in [0.15, 0.2) is 12.3 Å². The normalized spacial score (nSPS) is 13.4. The van der Waals surface area contributed by atoms with Crippen LogP contribution in [0.2, 0.25) is 0 Å². The zero-order valence-electron chi connectivity index (χ0n) is 8.39. The van der Waals surface area contributed by atoms with Crippen LogP contribution in [0.5, 0.6) is 0 Å². The molecule has 0 aromatic carbocycles. The Bertz CT molecular complexity index is 295. The molecule has 0 bridgehead atoms. The van der Waals surface area contributed by atoms with Gasteiger partial charge in [0, 0.05) is 0 Å². The molecule has 0 rings (SSSR count). The van der Waals surface area contributed by atoms with Crippen LogP contribution >= 0.6 is 0 Å². The number of rotatable bonds is 4. The summed E-state index contributed by atoms with van der Waals surface area (Å²) in [5, 5.41) is 0. The number of carbonyl (C=O) groups excluding carboxylic acids is 1. The van der Waals surface area contributed by atoms with Gasteiger partial charge in [0.2, 0.25) is 0 Å². The van der Waals surface area contributed by atoms with Gasteiger partial charge in [0.25, 0.3) is 0 Å². The van der Waals surface area contributed by atoms with Gasteiger partial charge in [-0.2, -0.15) is 0 Å². The zero-order valence-corrected chi connectivity index (χ0v) is 11.2. The molecule has 0 aliphatic carbocycles. The molecule has 0 saturated carbocycles. The van der Waals surface area contributed by atoms with E-state index in [9.17, 15) is 17.8 Å². The second-order valence-corrected chi connectivity index (χ2v) is 3.98. The summed E-state index contributed by atoms with van der Waals surface area (Å²) in [5.41, 5.74) is 0. The molecule has 0 aromatic heterocycles. The summed E-state index contributed by atoms with van der Waals surface area (Å²) in [5.74, 6) is -2.39. The van der Waals surface area contributed by atoms with Gasteiger partial charge in [-0.05, 0) is 6.92 Å². The van der Waals surface area contributed by atoms with Crippen molar-refractivity contribution in [2.75, 3.05) is 5.75 Å². The minimum absolute atomic E-state index is 0. The molecular weight excluding hydrogens is 219 g/mol. The minimum atomic E-state index is -4.37. The monoisotopic (exact) mass is 230 g/mol. The molecule has 5 nitrogen and oxygen atoms in total. The van der Waals surface area contributed by atoms with Crippen LogP contribution in [-0.4, -0.2) is 24.7 Å². The molecule has 1 unspecified atom stereocenters. The maximum absolute atomic E-state index is 10.9. The molecular formula is C7H11NaO5S. The SMILES string of the molecule is C/C=C/OC(=O)C(C)CS(=O)(=O)[O-].[Na+]. The van der Waals surface area contributed by atoms with Gasteiger partial charge in [0.15, 0.2) is 0 Å². The molecule has 0 heterocycles. The minimum Gasteiger partial charge on any atom is -0.748 e. The van der Waals surface area contributed by atoms with Crippen molar-refractivity contribution in [2.45, 2.75) is 13.8 Å². The standard InChI is InChI=1S/C7H12O5S.Na/c1-3-4-12-7(8)6(2)5-13(9,10)11;/h3-4,6H,5H2,1-2H3,(H,9,10,11);/q;+1/p-1/b4-3+;. The summed E-state index contributed by atoms with van der Waals surface area (Å²) in [6.07, 6.45) is 2.62. The molecule has 0 aliphatic rings. The van der Waals surface area contributed by atoms with E-state index >= 15 is 0 Å². The Kier molecular flexibility index (Phi) is 8.77.